The Morgan fingerprint density at radius 1 is 1.38 bits per heavy atom. The van der Waals surface area contributed by atoms with Gasteiger partial charge in [0.25, 0.3) is 0 Å². The first-order valence-electron chi connectivity index (χ1n) is 8.37. The minimum atomic E-state index is -0.231. The van der Waals surface area contributed by atoms with Crippen LogP contribution in [0.15, 0.2) is 30.9 Å². The van der Waals surface area contributed by atoms with E-state index in [1.807, 2.05) is 30.5 Å². The van der Waals surface area contributed by atoms with Crippen molar-refractivity contribution < 1.29 is 9.90 Å². The lowest BCUT2D eigenvalue weighted by atomic mass is 9.75. The van der Waals surface area contributed by atoms with Gasteiger partial charge >= 0.3 is 0 Å². The molecule has 0 bridgehead atoms. The molecule has 0 aliphatic heterocycles. The smallest absolute Gasteiger partial charge is 0.240 e. The van der Waals surface area contributed by atoms with Crippen molar-refractivity contribution in [2.45, 2.75) is 51.8 Å². The zero-order chi connectivity index (χ0) is 17.1. The summed E-state index contributed by atoms with van der Waals surface area (Å²) in [5.74, 6) is 0.304. The molecule has 0 spiro atoms. The highest BCUT2D eigenvalue weighted by molar-refractivity contribution is 5.76. The van der Waals surface area contributed by atoms with E-state index in [9.17, 15) is 9.90 Å². The molecule has 1 unspecified atom stereocenters. The molecule has 2 heterocycles. The summed E-state index contributed by atoms with van der Waals surface area (Å²) in [5.41, 5.74) is 3.10. The van der Waals surface area contributed by atoms with Crippen LogP contribution in [0.3, 0.4) is 0 Å². The van der Waals surface area contributed by atoms with E-state index in [1.165, 1.54) is 0 Å². The average Bonchev–Trinajstić information content (AvgIpc) is 2.84. The van der Waals surface area contributed by atoms with Gasteiger partial charge in [-0.3, -0.25) is 9.78 Å². The second-order valence-corrected chi connectivity index (χ2v) is 6.66. The molecule has 6 nitrogen and oxygen atoms in total. The van der Waals surface area contributed by atoms with Gasteiger partial charge in [0, 0.05) is 24.1 Å². The van der Waals surface area contributed by atoms with Gasteiger partial charge in [-0.25, -0.2) is 4.98 Å². The van der Waals surface area contributed by atoms with Crippen LogP contribution in [-0.4, -0.2) is 37.7 Å². The summed E-state index contributed by atoms with van der Waals surface area (Å²) in [4.78, 5) is 20.7. The van der Waals surface area contributed by atoms with E-state index >= 15 is 0 Å². The highest BCUT2D eigenvalue weighted by Gasteiger charge is 2.34. The van der Waals surface area contributed by atoms with Gasteiger partial charge in [-0.2, -0.15) is 0 Å². The third-order valence-electron chi connectivity index (χ3n) is 4.93. The number of nitrogens with one attached hydrogen (secondary N) is 1. The highest BCUT2D eigenvalue weighted by atomic mass is 16.3. The summed E-state index contributed by atoms with van der Waals surface area (Å²) in [6, 6.07) is 3.98. The van der Waals surface area contributed by atoms with Gasteiger partial charge in [-0.05, 0) is 56.7 Å². The van der Waals surface area contributed by atoms with Crippen molar-refractivity contribution in [3.63, 3.8) is 0 Å². The summed E-state index contributed by atoms with van der Waals surface area (Å²) >= 11 is 0. The van der Waals surface area contributed by atoms with Gasteiger partial charge in [-0.15, -0.1) is 0 Å². The number of pyridine rings is 1. The Bertz CT molecular complexity index is 692. The van der Waals surface area contributed by atoms with Gasteiger partial charge in [0.2, 0.25) is 5.91 Å². The van der Waals surface area contributed by atoms with Crippen molar-refractivity contribution in [3.8, 4) is 0 Å². The molecule has 1 amide bonds. The van der Waals surface area contributed by atoms with Crippen molar-refractivity contribution >= 4 is 5.91 Å². The number of amides is 1. The maximum atomic E-state index is 12.5. The van der Waals surface area contributed by atoms with E-state index in [-0.39, 0.29) is 24.6 Å². The van der Waals surface area contributed by atoms with Crippen LogP contribution in [0.25, 0.3) is 0 Å². The summed E-state index contributed by atoms with van der Waals surface area (Å²) in [5, 5.41) is 12.8. The number of aliphatic hydroxyl groups excluding tert-OH is 1. The Labute approximate surface area is 141 Å². The third kappa shape index (κ3) is 3.82. The Kier molecular flexibility index (Phi) is 4.94. The Hall–Kier alpha value is -2.21. The molecule has 1 atom stereocenters. The number of nitrogens with zero attached hydrogens (tertiary/aromatic N) is 3. The first-order valence-corrected chi connectivity index (χ1v) is 8.37. The monoisotopic (exact) mass is 328 g/mol. The molecule has 1 saturated carbocycles. The van der Waals surface area contributed by atoms with Crippen molar-refractivity contribution in [2.75, 3.05) is 0 Å². The van der Waals surface area contributed by atoms with Gasteiger partial charge in [0.1, 0.15) is 6.54 Å². The quantitative estimate of drug-likeness (QED) is 0.840. The molecule has 2 aromatic rings. The fourth-order valence-corrected chi connectivity index (χ4v) is 3.18. The number of hydrogen-bond acceptors (Lipinski definition) is 4. The highest BCUT2D eigenvalue weighted by Crippen LogP contribution is 2.31. The molecule has 128 valence electrons. The van der Waals surface area contributed by atoms with E-state index in [2.05, 4.69) is 15.3 Å². The topological polar surface area (TPSA) is 80.0 Å². The Balaban J connectivity index is 1.64. The normalized spacial score (nSPS) is 21.1. The average molecular weight is 328 g/mol. The van der Waals surface area contributed by atoms with Crippen LogP contribution < -0.4 is 5.32 Å². The van der Waals surface area contributed by atoms with Gasteiger partial charge in [-0.1, -0.05) is 0 Å². The summed E-state index contributed by atoms with van der Waals surface area (Å²) in [6.45, 7) is 4.17. The van der Waals surface area contributed by atoms with Crippen LogP contribution in [-0.2, 0) is 17.8 Å². The summed E-state index contributed by atoms with van der Waals surface area (Å²) < 4.78 is 1.86. The molecule has 0 radical (unpaired) electrons. The molecule has 2 aromatic heterocycles. The molecule has 24 heavy (non-hydrogen) atoms. The number of aliphatic hydroxyl groups is 1. The first kappa shape index (κ1) is 16.6. The largest absolute Gasteiger partial charge is 0.393 e. The number of carbonyl (C=O) groups excluding carboxylic acids is 1. The number of aryl methyl sites for hydroxylation is 1. The number of imidazole rings is 1. The lowest BCUT2D eigenvalue weighted by Crippen LogP contribution is -2.49. The fourth-order valence-electron chi connectivity index (χ4n) is 3.18. The Morgan fingerprint density at radius 2 is 2.08 bits per heavy atom. The maximum absolute atomic E-state index is 12.5. The van der Waals surface area contributed by atoms with Crippen LogP contribution in [0, 0.1) is 19.8 Å². The van der Waals surface area contributed by atoms with E-state index in [0.29, 0.717) is 5.92 Å². The van der Waals surface area contributed by atoms with Crippen LogP contribution in [0.2, 0.25) is 0 Å². The molecular weight excluding hydrogens is 304 g/mol. The lowest BCUT2D eigenvalue weighted by molar-refractivity contribution is -0.123. The second-order valence-electron chi connectivity index (χ2n) is 6.66. The van der Waals surface area contributed by atoms with Gasteiger partial charge < -0.3 is 15.0 Å². The number of rotatable bonds is 6. The van der Waals surface area contributed by atoms with Gasteiger partial charge in [0.05, 0.1) is 18.1 Å². The van der Waals surface area contributed by atoms with E-state index in [1.54, 1.807) is 18.7 Å². The van der Waals surface area contributed by atoms with Crippen LogP contribution >= 0.6 is 0 Å². The molecule has 1 aliphatic carbocycles. The fraction of sp³-hybridized carbons (Fsp3) is 0.500. The standard InChI is InChI=1S/C18H24N4O2/c1-12-13(2)22(11-20-12)10-18(24)21-17(15-8-16(23)9-15)7-14-3-5-19-6-4-14/h3-6,11,15-17,23H,7-10H2,1-2H3,(H,21,24). The zero-order valence-corrected chi connectivity index (χ0v) is 14.1. The van der Waals surface area contributed by atoms with Crippen molar-refractivity contribution in [2.24, 2.45) is 5.92 Å². The molecule has 2 N–H and O–H groups in total. The minimum Gasteiger partial charge on any atom is -0.393 e. The summed E-state index contributed by atoms with van der Waals surface area (Å²) in [7, 11) is 0. The third-order valence-corrected chi connectivity index (χ3v) is 4.93. The number of aromatic nitrogens is 3. The predicted octanol–water partition coefficient (Wildman–Crippen LogP) is 1.39. The van der Waals surface area contributed by atoms with Gasteiger partial charge in [0.15, 0.2) is 0 Å². The van der Waals surface area contributed by atoms with Crippen LogP contribution in [0.4, 0.5) is 0 Å². The van der Waals surface area contributed by atoms with E-state index < -0.39 is 0 Å². The summed E-state index contributed by atoms with van der Waals surface area (Å²) in [6.07, 6.45) is 7.26. The first-order chi connectivity index (χ1) is 11.5. The molecule has 0 aromatic carbocycles. The number of hydrogen-bond donors (Lipinski definition) is 2. The molecule has 1 fully saturated rings. The molecule has 6 heteroatoms. The zero-order valence-electron chi connectivity index (χ0n) is 14.1. The molecule has 0 saturated heterocycles. The van der Waals surface area contributed by atoms with Crippen LogP contribution in [0.5, 0.6) is 0 Å². The van der Waals surface area contributed by atoms with Crippen molar-refractivity contribution in [1.82, 2.24) is 19.9 Å². The van der Waals surface area contributed by atoms with Crippen molar-refractivity contribution in [1.29, 1.82) is 0 Å². The van der Waals surface area contributed by atoms with E-state index in [0.717, 1.165) is 36.2 Å². The minimum absolute atomic E-state index is 0.0176. The Morgan fingerprint density at radius 3 is 2.67 bits per heavy atom. The molecule has 1 aliphatic rings. The second kappa shape index (κ2) is 7.13. The SMILES string of the molecule is Cc1ncn(CC(=O)NC(Cc2ccncc2)C2CC(O)C2)c1C. The number of carbonyl (C=O) groups is 1. The van der Waals surface area contributed by atoms with E-state index in [4.69, 9.17) is 0 Å². The molecular formula is C18H24N4O2. The maximum Gasteiger partial charge on any atom is 0.240 e. The predicted molar refractivity (Wildman–Crippen MR) is 90.3 cm³/mol. The van der Waals surface area contributed by atoms with Crippen molar-refractivity contribution in [3.05, 3.63) is 47.8 Å². The molecule has 3 rings (SSSR count). The van der Waals surface area contributed by atoms with Crippen LogP contribution in [0.1, 0.15) is 29.8 Å². The lowest BCUT2D eigenvalue weighted by Gasteiger charge is -2.38.